The Morgan fingerprint density at radius 2 is 1.63 bits per heavy atom. The fraction of sp³-hybridized carbons (Fsp3) is 0.667. The third kappa shape index (κ3) is 3.60. The van der Waals surface area contributed by atoms with E-state index in [1.807, 2.05) is 0 Å². The number of hydrogen-bond donors (Lipinski definition) is 1. The highest BCUT2D eigenvalue weighted by Gasteiger charge is 2.34. The molecule has 1 saturated carbocycles. The fourth-order valence-corrected chi connectivity index (χ4v) is 3.55. The van der Waals surface area contributed by atoms with Crippen LogP contribution in [-0.4, -0.2) is 13.1 Å². The van der Waals surface area contributed by atoms with E-state index in [-0.39, 0.29) is 0 Å². The smallest absolute Gasteiger partial charge is 0.0158 e. The molecule has 0 radical (unpaired) electrons. The van der Waals surface area contributed by atoms with Gasteiger partial charge in [-0.1, -0.05) is 57.4 Å². The predicted molar refractivity (Wildman–Crippen MR) is 83.6 cm³/mol. The highest BCUT2D eigenvalue weighted by atomic mass is 14.9. The van der Waals surface area contributed by atoms with E-state index in [4.69, 9.17) is 0 Å². The van der Waals surface area contributed by atoms with Crippen molar-refractivity contribution in [2.24, 2.45) is 5.41 Å². The average Bonchev–Trinajstić information content (AvgIpc) is 2.46. The number of likely N-dealkylation sites (N-methyl/N-ethyl adjacent to an activating group) is 1. The Hall–Kier alpha value is -0.820. The van der Waals surface area contributed by atoms with Crippen molar-refractivity contribution in [2.45, 2.75) is 64.8 Å². The van der Waals surface area contributed by atoms with E-state index < -0.39 is 0 Å². The lowest BCUT2D eigenvalue weighted by Crippen LogP contribution is -2.44. The maximum atomic E-state index is 3.59. The van der Waals surface area contributed by atoms with Crippen LogP contribution in [0.1, 0.15) is 57.1 Å². The molecule has 1 aromatic rings. The average molecular weight is 259 g/mol. The second-order valence-corrected chi connectivity index (χ2v) is 6.43. The van der Waals surface area contributed by atoms with Gasteiger partial charge in [0.15, 0.2) is 0 Å². The summed E-state index contributed by atoms with van der Waals surface area (Å²) in [5.41, 5.74) is 3.40. The first-order valence-electron chi connectivity index (χ1n) is 7.93. The summed E-state index contributed by atoms with van der Waals surface area (Å²) in [6, 6.07) is 9.81. The van der Waals surface area contributed by atoms with E-state index in [1.54, 1.807) is 0 Å². The Kier molecular flexibility index (Phi) is 5.04. The summed E-state index contributed by atoms with van der Waals surface area (Å²) < 4.78 is 0. The van der Waals surface area contributed by atoms with Crippen LogP contribution in [0.5, 0.6) is 0 Å². The topological polar surface area (TPSA) is 12.0 Å². The maximum absolute atomic E-state index is 3.59. The number of rotatable bonds is 5. The van der Waals surface area contributed by atoms with Gasteiger partial charge in [-0.3, -0.25) is 0 Å². The molecular formula is C18H29N. The Morgan fingerprint density at radius 1 is 1.05 bits per heavy atom. The first-order chi connectivity index (χ1) is 9.18. The van der Waals surface area contributed by atoms with Crippen LogP contribution in [0.3, 0.4) is 0 Å². The molecule has 1 N–H and O–H groups in total. The molecule has 0 amide bonds. The van der Waals surface area contributed by atoms with Crippen molar-refractivity contribution in [3.8, 4) is 0 Å². The second kappa shape index (κ2) is 6.56. The van der Waals surface area contributed by atoms with Crippen molar-refractivity contribution < 1.29 is 0 Å². The van der Waals surface area contributed by atoms with Gasteiger partial charge in [0, 0.05) is 6.04 Å². The Balaban J connectivity index is 2.04. The van der Waals surface area contributed by atoms with Crippen molar-refractivity contribution >= 4 is 0 Å². The number of nitrogens with one attached hydrogen (secondary N) is 1. The van der Waals surface area contributed by atoms with E-state index in [2.05, 4.69) is 50.5 Å². The van der Waals surface area contributed by atoms with Crippen molar-refractivity contribution in [2.75, 3.05) is 7.05 Å². The van der Waals surface area contributed by atoms with Crippen molar-refractivity contribution in [3.05, 3.63) is 35.4 Å². The summed E-state index contributed by atoms with van der Waals surface area (Å²) in [6.07, 6.45) is 9.30. The van der Waals surface area contributed by atoms with E-state index in [0.717, 1.165) is 12.8 Å². The lowest BCUT2D eigenvalue weighted by atomic mass is 9.69. The minimum atomic E-state index is 0.483. The van der Waals surface area contributed by atoms with Gasteiger partial charge in [0.25, 0.3) is 0 Å². The van der Waals surface area contributed by atoms with Gasteiger partial charge in [-0.15, -0.1) is 0 Å². The molecule has 0 aromatic heterocycles. The number of benzene rings is 1. The molecule has 1 heteroatoms. The first kappa shape index (κ1) is 14.6. The van der Waals surface area contributed by atoms with Crippen LogP contribution in [0.4, 0.5) is 0 Å². The third-order valence-electron chi connectivity index (χ3n) is 5.06. The molecule has 0 saturated heterocycles. The lowest BCUT2D eigenvalue weighted by Gasteiger charge is -2.41. The van der Waals surface area contributed by atoms with E-state index in [9.17, 15) is 0 Å². The molecule has 1 aromatic carbocycles. The van der Waals surface area contributed by atoms with Crippen LogP contribution in [-0.2, 0) is 12.8 Å². The third-order valence-corrected chi connectivity index (χ3v) is 5.06. The second-order valence-electron chi connectivity index (χ2n) is 6.43. The van der Waals surface area contributed by atoms with Crippen molar-refractivity contribution in [1.29, 1.82) is 0 Å². The van der Waals surface area contributed by atoms with Gasteiger partial charge in [-0.25, -0.2) is 0 Å². The summed E-state index contributed by atoms with van der Waals surface area (Å²) in [5, 5.41) is 3.59. The molecule has 19 heavy (non-hydrogen) atoms. The molecule has 1 aliphatic rings. The maximum Gasteiger partial charge on any atom is 0.0158 e. The van der Waals surface area contributed by atoms with Gasteiger partial charge in [0.05, 0.1) is 0 Å². The van der Waals surface area contributed by atoms with E-state index in [0.29, 0.717) is 11.5 Å². The summed E-state index contributed by atoms with van der Waals surface area (Å²) in [4.78, 5) is 0. The zero-order valence-corrected chi connectivity index (χ0v) is 12.8. The van der Waals surface area contributed by atoms with Crippen LogP contribution in [0.15, 0.2) is 24.3 Å². The van der Waals surface area contributed by atoms with Gasteiger partial charge in [-0.05, 0) is 49.3 Å². The predicted octanol–water partition coefficient (Wildman–Crippen LogP) is 4.35. The van der Waals surface area contributed by atoms with Crippen LogP contribution < -0.4 is 5.32 Å². The molecule has 0 spiro atoms. The molecule has 1 aliphatic carbocycles. The highest BCUT2D eigenvalue weighted by Crippen LogP contribution is 2.39. The van der Waals surface area contributed by atoms with Gasteiger partial charge in [-0.2, -0.15) is 0 Å². The summed E-state index contributed by atoms with van der Waals surface area (Å²) in [5.74, 6) is 0. The van der Waals surface area contributed by atoms with E-state index in [1.165, 1.54) is 43.2 Å². The molecule has 1 fully saturated rings. The molecule has 1 atom stereocenters. The quantitative estimate of drug-likeness (QED) is 0.829. The molecule has 1 unspecified atom stereocenters. The van der Waals surface area contributed by atoms with Crippen molar-refractivity contribution in [1.82, 2.24) is 5.32 Å². The standard InChI is InChI=1S/C18H29N/c1-4-15-8-10-16(11-9-15)14-17(19-3)18(2)12-6-5-7-13-18/h8-11,17,19H,4-7,12-14H2,1-3H3. The molecule has 2 rings (SSSR count). The van der Waals surface area contributed by atoms with Gasteiger partial charge < -0.3 is 5.32 Å². The van der Waals surface area contributed by atoms with Crippen LogP contribution in [0.2, 0.25) is 0 Å². The lowest BCUT2D eigenvalue weighted by molar-refractivity contribution is 0.149. The van der Waals surface area contributed by atoms with Crippen LogP contribution >= 0.6 is 0 Å². The zero-order chi connectivity index (χ0) is 13.7. The van der Waals surface area contributed by atoms with Crippen LogP contribution in [0, 0.1) is 5.41 Å². The molecule has 0 aliphatic heterocycles. The zero-order valence-electron chi connectivity index (χ0n) is 12.8. The Morgan fingerprint density at radius 3 is 2.16 bits per heavy atom. The van der Waals surface area contributed by atoms with Crippen LogP contribution in [0.25, 0.3) is 0 Å². The summed E-state index contributed by atoms with van der Waals surface area (Å²) in [7, 11) is 2.13. The molecule has 106 valence electrons. The minimum absolute atomic E-state index is 0.483. The van der Waals surface area contributed by atoms with Gasteiger partial charge in [0.1, 0.15) is 0 Å². The fourth-order valence-electron chi connectivity index (χ4n) is 3.55. The highest BCUT2D eigenvalue weighted by molar-refractivity contribution is 5.23. The van der Waals surface area contributed by atoms with Gasteiger partial charge >= 0.3 is 0 Å². The SMILES string of the molecule is CCc1ccc(CC(NC)C2(C)CCCCC2)cc1. The number of aryl methyl sites for hydroxylation is 1. The van der Waals surface area contributed by atoms with Gasteiger partial charge in [0.2, 0.25) is 0 Å². The summed E-state index contributed by atoms with van der Waals surface area (Å²) in [6.45, 7) is 4.70. The minimum Gasteiger partial charge on any atom is -0.316 e. The Bertz CT molecular complexity index is 373. The molecule has 1 nitrogen and oxygen atoms in total. The summed E-state index contributed by atoms with van der Waals surface area (Å²) >= 11 is 0. The Labute approximate surface area is 118 Å². The van der Waals surface area contributed by atoms with Crippen molar-refractivity contribution in [3.63, 3.8) is 0 Å². The molecular weight excluding hydrogens is 230 g/mol. The van der Waals surface area contributed by atoms with E-state index >= 15 is 0 Å². The largest absolute Gasteiger partial charge is 0.316 e. The molecule has 0 heterocycles. The number of hydrogen-bond acceptors (Lipinski definition) is 1. The first-order valence-corrected chi connectivity index (χ1v) is 7.93. The normalized spacial score (nSPS) is 20.2. The molecule has 0 bridgehead atoms. The monoisotopic (exact) mass is 259 g/mol.